The summed E-state index contributed by atoms with van der Waals surface area (Å²) in [7, 11) is 0. The van der Waals surface area contributed by atoms with Crippen LogP contribution in [0, 0.1) is 0 Å². The van der Waals surface area contributed by atoms with Crippen molar-refractivity contribution in [2.45, 2.75) is 6.92 Å². The number of hydrogen-bond acceptors (Lipinski definition) is 4. The number of rotatable bonds is 4. The van der Waals surface area contributed by atoms with Gasteiger partial charge in [0, 0.05) is 5.39 Å². The van der Waals surface area contributed by atoms with Crippen molar-refractivity contribution in [2.24, 2.45) is 0 Å². The molecule has 0 bridgehead atoms. The van der Waals surface area contributed by atoms with Crippen molar-refractivity contribution in [3.63, 3.8) is 0 Å². The van der Waals surface area contributed by atoms with Gasteiger partial charge in [0.25, 0.3) is 0 Å². The number of ether oxygens (including phenoxy) is 1. The van der Waals surface area contributed by atoms with Crippen LogP contribution in [0.25, 0.3) is 23.1 Å². The molecule has 1 aromatic heterocycles. The second-order valence-corrected chi connectivity index (χ2v) is 6.13. The first kappa shape index (κ1) is 17.4. The van der Waals surface area contributed by atoms with E-state index in [-0.39, 0.29) is 16.5 Å². The maximum Gasteiger partial charge on any atom is 0.161 e. The molecule has 0 saturated carbocycles. The second kappa shape index (κ2) is 7.21. The number of phenols is 2. The third-order valence-corrected chi connectivity index (χ3v) is 4.21. The van der Waals surface area contributed by atoms with Gasteiger partial charge in [-0.15, -0.1) is 0 Å². The summed E-state index contributed by atoms with van der Waals surface area (Å²) in [6, 6.07) is 10.1. The average molecular weight is 376 g/mol. The van der Waals surface area contributed by atoms with Crippen LogP contribution in [0.5, 0.6) is 17.2 Å². The highest BCUT2D eigenvalue weighted by Gasteiger charge is 2.10. The monoisotopic (exact) mass is 375 g/mol. The Morgan fingerprint density at radius 1 is 1.04 bits per heavy atom. The molecule has 0 fully saturated rings. The van der Waals surface area contributed by atoms with E-state index >= 15 is 0 Å². The van der Waals surface area contributed by atoms with Gasteiger partial charge in [-0.05, 0) is 48.9 Å². The zero-order valence-corrected chi connectivity index (χ0v) is 14.8. The Morgan fingerprint density at radius 3 is 2.60 bits per heavy atom. The molecule has 3 rings (SSSR count). The lowest BCUT2D eigenvalue weighted by Gasteiger charge is -2.07. The predicted octanol–water partition coefficient (Wildman–Crippen LogP) is 5.52. The molecule has 0 saturated heterocycles. The Labute approximate surface area is 154 Å². The van der Waals surface area contributed by atoms with Crippen molar-refractivity contribution in [3.05, 3.63) is 57.7 Å². The van der Waals surface area contributed by atoms with E-state index in [1.54, 1.807) is 36.4 Å². The minimum absolute atomic E-state index is 0.0945. The van der Waals surface area contributed by atoms with Gasteiger partial charge in [0.15, 0.2) is 17.2 Å². The second-order valence-electron chi connectivity index (χ2n) is 5.31. The number of benzene rings is 2. The number of pyridine rings is 1. The normalized spacial score (nSPS) is 11.3. The first-order chi connectivity index (χ1) is 12.0. The Morgan fingerprint density at radius 2 is 1.84 bits per heavy atom. The molecular formula is C19H15Cl2NO3. The molecule has 3 aromatic rings. The van der Waals surface area contributed by atoms with Crippen LogP contribution in [-0.2, 0) is 0 Å². The summed E-state index contributed by atoms with van der Waals surface area (Å²) < 4.78 is 5.37. The lowest BCUT2D eigenvalue weighted by Crippen LogP contribution is -1.92. The zero-order valence-electron chi connectivity index (χ0n) is 13.3. The molecule has 0 aliphatic carbocycles. The number of aromatic nitrogens is 1. The molecule has 1 heterocycles. The van der Waals surface area contributed by atoms with Gasteiger partial charge in [-0.3, -0.25) is 0 Å². The fourth-order valence-corrected chi connectivity index (χ4v) is 2.91. The van der Waals surface area contributed by atoms with Crippen molar-refractivity contribution in [2.75, 3.05) is 6.61 Å². The molecule has 0 atom stereocenters. The number of phenolic OH excluding ortho intramolecular Hbond substituents is 2. The SMILES string of the molecule is CCOc1cc(/C=C/c2ccc3c(Cl)cc(Cl)c(O)c3n2)ccc1O. The van der Waals surface area contributed by atoms with Crippen LogP contribution < -0.4 is 4.74 Å². The first-order valence-corrected chi connectivity index (χ1v) is 8.36. The van der Waals surface area contributed by atoms with E-state index in [0.717, 1.165) is 5.56 Å². The summed E-state index contributed by atoms with van der Waals surface area (Å²) in [4.78, 5) is 4.40. The lowest BCUT2D eigenvalue weighted by atomic mass is 10.1. The van der Waals surface area contributed by atoms with Gasteiger partial charge in [0.2, 0.25) is 0 Å². The Bertz CT molecular complexity index is 971. The summed E-state index contributed by atoms with van der Waals surface area (Å²) in [5.74, 6) is 0.420. The molecule has 2 aromatic carbocycles. The van der Waals surface area contributed by atoms with Gasteiger partial charge < -0.3 is 14.9 Å². The number of hydrogen-bond donors (Lipinski definition) is 2. The number of halogens is 2. The molecule has 0 spiro atoms. The highest BCUT2D eigenvalue weighted by Crippen LogP contribution is 2.36. The molecule has 0 aliphatic heterocycles. The van der Waals surface area contributed by atoms with Crippen LogP contribution in [0.15, 0.2) is 36.4 Å². The standard InChI is InChI=1S/C19H15Cl2NO3/c1-2-25-17-9-11(4-8-16(17)23)3-5-12-6-7-13-14(20)10-15(21)19(24)18(13)22-12/h3-10,23-24H,2H2,1H3/b5-3+. The fourth-order valence-electron chi connectivity index (χ4n) is 2.40. The zero-order chi connectivity index (χ0) is 18.0. The van der Waals surface area contributed by atoms with E-state index in [2.05, 4.69) is 4.98 Å². The largest absolute Gasteiger partial charge is 0.504 e. The molecule has 25 heavy (non-hydrogen) atoms. The van der Waals surface area contributed by atoms with Crippen LogP contribution in [0.3, 0.4) is 0 Å². The Hall–Kier alpha value is -2.43. The average Bonchev–Trinajstić information content (AvgIpc) is 2.60. The van der Waals surface area contributed by atoms with Crippen LogP contribution in [0.4, 0.5) is 0 Å². The minimum Gasteiger partial charge on any atom is -0.504 e. The smallest absolute Gasteiger partial charge is 0.161 e. The molecular weight excluding hydrogens is 361 g/mol. The summed E-state index contributed by atoms with van der Waals surface area (Å²) in [6.07, 6.45) is 3.62. The maximum absolute atomic E-state index is 10.1. The van der Waals surface area contributed by atoms with E-state index < -0.39 is 0 Å². The predicted molar refractivity (Wildman–Crippen MR) is 102 cm³/mol. The third-order valence-electron chi connectivity index (χ3n) is 3.61. The quantitative estimate of drug-likeness (QED) is 0.629. The summed E-state index contributed by atoms with van der Waals surface area (Å²) in [5.41, 5.74) is 1.82. The van der Waals surface area contributed by atoms with Crippen molar-refractivity contribution >= 4 is 46.3 Å². The molecule has 0 radical (unpaired) electrons. The molecule has 6 heteroatoms. The van der Waals surface area contributed by atoms with Crippen LogP contribution in [0.2, 0.25) is 10.0 Å². The van der Waals surface area contributed by atoms with Crippen LogP contribution >= 0.6 is 23.2 Å². The molecule has 2 N–H and O–H groups in total. The maximum atomic E-state index is 10.1. The third kappa shape index (κ3) is 3.65. The van der Waals surface area contributed by atoms with Gasteiger partial charge in [-0.1, -0.05) is 35.3 Å². The highest BCUT2D eigenvalue weighted by atomic mass is 35.5. The number of nitrogens with zero attached hydrogens (tertiary/aromatic N) is 1. The van der Waals surface area contributed by atoms with Gasteiger partial charge in [0.05, 0.1) is 22.3 Å². The molecule has 0 aliphatic rings. The van der Waals surface area contributed by atoms with E-state index in [9.17, 15) is 10.2 Å². The molecule has 4 nitrogen and oxygen atoms in total. The van der Waals surface area contributed by atoms with Gasteiger partial charge >= 0.3 is 0 Å². The van der Waals surface area contributed by atoms with E-state index in [4.69, 9.17) is 27.9 Å². The van der Waals surface area contributed by atoms with Gasteiger partial charge in [-0.25, -0.2) is 4.98 Å². The summed E-state index contributed by atoms with van der Waals surface area (Å²) >= 11 is 12.1. The number of fused-ring (bicyclic) bond motifs is 1. The highest BCUT2D eigenvalue weighted by molar-refractivity contribution is 6.39. The van der Waals surface area contributed by atoms with E-state index in [0.29, 0.717) is 34.0 Å². The van der Waals surface area contributed by atoms with Crippen molar-refractivity contribution in [3.8, 4) is 17.2 Å². The number of aromatic hydroxyl groups is 2. The topological polar surface area (TPSA) is 62.6 Å². The van der Waals surface area contributed by atoms with Crippen LogP contribution in [-0.4, -0.2) is 21.8 Å². The summed E-state index contributed by atoms with van der Waals surface area (Å²) in [5, 5.41) is 21.1. The van der Waals surface area contributed by atoms with E-state index in [1.165, 1.54) is 6.07 Å². The Kier molecular flexibility index (Phi) is 5.02. The molecule has 0 unspecified atom stereocenters. The summed E-state index contributed by atoms with van der Waals surface area (Å²) in [6.45, 7) is 2.32. The molecule has 128 valence electrons. The Balaban J connectivity index is 1.96. The van der Waals surface area contributed by atoms with Crippen molar-refractivity contribution < 1.29 is 14.9 Å². The minimum atomic E-state index is -0.0976. The van der Waals surface area contributed by atoms with Crippen molar-refractivity contribution in [1.29, 1.82) is 0 Å². The first-order valence-electron chi connectivity index (χ1n) is 7.61. The van der Waals surface area contributed by atoms with E-state index in [1.807, 2.05) is 13.0 Å². The fraction of sp³-hybridized carbons (Fsp3) is 0.105. The van der Waals surface area contributed by atoms with Crippen molar-refractivity contribution in [1.82, 2.24) is 4.98 Å². The van der Waals surface area contributed by atoms with Gasteiger partial charge in [-0.2, -0.15) is 0 Å². The van der Waals surface area contributed by atoms with Crippen LogP contribution in [0.1, 0.15) is 18.2 Å². The van der Waals surface area contributed by atoms with Gasteiger partial charge in [0.1, 0.15) is 5.52 Å². The lowest BCUT2D eigenvalue weighted by molar-refractivity contribution is 0.318. The molecule has 0 amide bonds.